The second-order valence-electron chi connectivity index (χ2n) is 7.23. The molecule has 2 aromatic heterocycles. The number of fused-ring (bicyclic) bond motifs is 1. The molecule has 0 saturated heterocycles. The van der Waals surface area contributed by atoms with Crippen molar-refractivity contribution >= 4 is 29.4 Å². The molecule has 1 unspecified atom stereocenters. The number of hydrogen-bond donors (Lipinski definition) is 3. The van der Waals surface area contributed by atoms with Crippen molar-refractivity contribution in [1.29, 1.82) is 0 Å². The number of ether oxygens (including phenoxy) is 1. The fourth-order valence-electron chi connectivity index (χ4n) is 2.92. The summed E-state index contributed by atoms with van der Waals surface area (Å²) in [6.45, 7) is 3.85. The summed E-state index contributed by atoms with van der Waals surface area (Å²) in [6.07, 6.45) is 4.24. The van der Waals surface area contributed by atoms with Crippen LogP contribution in [-0.2, 0) is 18.3 Å². The molecule has 0 bridgehead atoms. The van der Waals surface area contributed by atoms with E-state index in [4.69, 9.17) is 4.74 Å². The molecule has 10 heteroatoms. The number of aromatic nitrogens is 4. The molecule has 164 valence electrons. The molecule has 0 amide bonds. The highest BCUT2D eigenvalue weighted by Crippen LogP contribution is 2.16. The van der Waals surface area contributed by atoms with Crippen LogP contribution in [0, 0.1) is 0 Å². The maximum Gasteiger partial charge on any atom is 0.329 e. The van der Waals surface area contributed by atoms with E-state index in [1.807, 2.05) is 50.3 Å². The van der Waals surface area contributed by atoms with Crippen molar-refractivity contribution < 1.29 is 9.84 Å². The van der Waals surface area contributed by atoms with Gasteiger partial charge in [-0.15, -0.1) is 0 Å². The molecule has 0 radical (unpaired) electrons. The maximum atomic E-state index is 12.4. The molecule has 0 fully saturated rings. The first kappa shape index (κ1) is 22.2. The van der Waals surface area contributed by atoms with Crippen molar-refractivity contribution in [3.63, 3.8) is 0 Å². The number of benzene rings is 1. The van der Waals surface area contributed by atoms with E-state index in [0.717, 1.165) is 5.56 Å². The molecule has 0 aliphatic heterocycles. The summed E-state index contributed by atoms with van der Waals surface area (Å²) in [4.78, 5) is 31.0. The van der Waals surface area contributed by atoms with Gasteiger partial charge in [-0.3, -0.25) is 14.3 Å². The van der Waals surface area contributed by atoms with Crippen molar-refractivity contribution in [2.24, 2.45) is 12.1 Å². The van der Waals surface area contributed by atoms with E-state index in [1.165, 1.54) is 22.4 Å². The largest absolute Gasteiger partial charge is 0.389 e. The van der Waals surface area contributed by atoms with Gasteiger partial charge in [0, 0.05) is 13.3 Å². The average Bonchev–Trinajstić information content (AvgIpc) is 3.10. The summed E-state index contributed by atoms with van der Waals surface area (Å²) in [5.41, 5.74) is 2.98. The standard InChI is InChI=1S/C21H26N6O4/c1-14(2)31-13-16(28)12-27-17-18(26(3)21(30)24-19(17)29)23-20(27)25-22-11-7-10-15-8-5-4-6-9-15/h4-11,14,16,28H,12-13H2,1-3H3,(H,23,25)(H,24,29,30). The van der Waals surface area contributed by atoms with E-state index >= 15 is 0 Å². The second kappa shape index (κ2) is 10.0. The van der Waals surface area contributed by atoms with Gasteiger partial charge in [-0.1, -0.05) is 36.4 Å². The SMILES string of the molecule is CC(C)OCC(O)Cn1c(NN=CC=Cc2ccccc2)nc2c1c(=O)[nH]c(=O)n2C. The van der Waals surface area contributed by atoms with Crippen molar-refractivity contribution in [2.75, 3.05) is 12.0 Å². The zero-order valence-electron chi connectivity index (χ0n) is 17.6. The predicted molar refractivity (Wildman–Crippen MR) is 120 cm³/mol. The van der Waals surface area contributed by atoms with Crippen LogP contribution >= 0.6 is 0 Å². The van der Waals surface area contributed by atoms with Gasteiger partial charge in [0.1, 0.15) is 0 Å². The van der Waals surface area contributed by atoms with E-state index in [-0.39, 0.29) is 36.4 Å². The van der Waals surface area contributed by atoms with Crippen molar-refractivity contribution in [2.45, 2.75) is 32.6 Å². The van der Waals surface area contributed by atoms with Gasteiger partial charge in [-0.05, 0) is 25.5 Å². The van der Waals surface area contributed by atoms with Crippen molar-refractivity contribution in [1.82, 2.24) is 19.1 Å². The summed E-state index contributed by atoms with van der Waals surface area (Å²) in [7, 11) is 1.51. The molecule has 1 aromatic carbocycles. The fraction of sp³-hybridized carbons (Fsp3) is 0.333. The first-order chi connectivity index (χ1) is 14.9. The Morgan fingerprint density at radius 2 is 2.03 bits per heavy atom. The molecule has 31 heavy (non-hydrogen) atoms. The van der Waals surface area contributed by atoms with E-state index in [2.05, 4.69) is 20.5 Å². The minimum Gasteiger partial charge on any atom is -0.389 e. The maximum absolute atomic E-state index is 12.4. The lowest BCUT2D eigenvalue weighted by Crippen LogP contribution is -2.30. The Bertz CT molecular complexity index is 1190. The molecule has 0 saturated carbocycles. The average molecular weight is 426 g/mol. The number of rotatable bonds is 9. The Morgan fingerprint density at radius 3 is 2.74 bits per heavy atom. The van der Waals surface area contributed by atoms with Gasteiger partial charge < -0.3 is 14.4 Å². The molecule has 3 rings (SSSR count). The molecule has 0 spiro atoms. The number of nitrogens with one attached hydrogen (secondary N) is 2. The molecule has 0 aliphatic carbocycles. The monoisotopic (exact) mass is 426 g/mol. The molecule has 3 N–H and O–H groups in total. The summed E-state index contributed by atoms with van der Waals surface area (Å²) < 4.78 is 8.17. The van der Waals surface area contributed by atoms with E-state index in [0.29, 0.717) is 0 Å². The van der Waals surface area contributed by atoms with Crippen LogP contribution < -0.4 is 16.7 Å². The van der Waals surface area contributed by atoms with Gasteiger partial charge in [0.25, 0.3) is 5.56 Å². The Hall–Kier alpha value is -3.50. The molecular formula is C21H26N6O4. The minimum absolute atomic E-state index is 0.0300. The van der Waals surface area contributed by atoms with E-state index < -0.39 is 17.4 Å². The normalized spacial score (nSPS) is 13.1. The van der Waals surface area contributed by atoms with Gasteiger partial charge >= 0.3 is 5.69 Å². The number of imidazole rings is 1. The quantitative estimate of drug-likeness (QED) is 0.350. The highest BCUT2D eigenvalue weighted by molar-refractivity contribution is 5.79. The van der Waals surface area contributed by atoms with E-state index in [1.54, 1.807) is 6.08 Å². The van der Waals surface area contributed by atoms with Crippen LogP contribution in [0.2, 0.25) is 0 Å². The van der Waals surface area contributed by atoms with Crippen LogP contribution in [0.1, 0.15) is 19.4 Å². The number of hydrogen-bond acceptors (Lipinski definition) is 7. The predicted octanol–water partition coefficient (Wildman–Crippen LogP) is 1.32. The highest BCUT2D eigenvalue weighted by atomic mass is 16.5. The third-order valence-corrected chi connectivity index (χ3v) is 4.44. The molecule has 0 aliphatic rings. The molecule has 10 nitrogen and oxygen atoms in total. The van der Waals surface area contributed by atoms with Gasteiger partial charge in [0.05, 0.1) is 25.4 Å². The van der Waals surface area contributed by atoms with Crippen molar-refractivity contribution in [3.8, 4) is 0 Å². The number of allylic oxidation sites excluding steroid dienone is 1. The zero-order valence-corrected chi connectivity index (χ0v) is 17.6. The van der Waals surface area contributed by atoms with Gasteiger partial charge in [-0.25, -0.2) is 10.2 Å². The third kappa shape index (κ3) is 5.56. The number of nitrogens with zero attached hydrogens (tertiary/aromatic N) is 4. The fourth-order valence-corrected chi connectivity index (χ4v) is 2.92. The lowest BCUT2D eigenvalue weighted by molar-refractivity contribution is -0.000105. The minimum atomic E-state index is -0.890. The number of aromatic amines is 1. The Labute approximate surface area is 178 Å². The van der Waals surface area contributed by atoms with Gasteiger partial charge in [0.15, 0.2) is 11.2 Å². The van der Waals surface area contributed by atoms with Crippen LogP contribution in [0.25, 0.3) is 17.2 Å². The lowest BCUT2D eigenvalue weighted by atomic mass is 10.2. The number of aryl methyl sites for hydroxylation is 1. The smallest absolute Gasteiger partial charge is 0.329 e. The Kier molecular flexibility index (Phi) is 7.16. The first-order valence-electron chi connectivity index (χ1n) is 9.86. The topological polar surface area (TPSA) is 127 Å². The number of anilines is 1. The van der Waals surface area contributed by atoms with Crippen molar-refractivity contribution in [3.05, 3.63) is 62.8 Å². The highest BCUT2D eigenvalue weighted by Gasteiger charge is 2.19. The lowest BCUT2D eigenvalue weighted by Gasteiger charge is -2.15. The number of H-pyrrole nitrogens is 1. The number of aliphatic hydroxyl groups excluding tert-OH is 1. The first-order valence-corrected chi connectivity index (χ1v) is 9.86. The molecule has 1 atom stereocenters. The summed E-state index contributed by atoms with van der Waals surface area (Å²) in [6, 6.07) is 9.74. The van der Waals surface area contributed by atoms with Crippen LogP contribution in [0.3, 0.4) is 0 Å². The Balaban J connectivity index is 1.88. The van der Waals surface area contributed by atoms with Crippen LogP contribution in [0.4, 0.5) is 5.95 Å². The molecule has 3 aromatic rings. The number of hydrazone groups is 1. The molecular weight excluding hydrogens is 400 g/mol. The van der Waals surface area contributed by atoms with Gasteiger partial charge in [0.2, 0.25) is 5.95 Å². The van der Waals surface area contributed by atoms with Crippen LogP contribution in [0.5, 0.6) is 0 Å². The summed E-state index contributed by atoms with van der Waals surface area (Å²) in [5, 5.41) is 14.5. The molecule has 2 heterocycles. The Morgan fingerprint density at radius 1 is 1.29 bits per heavy atom. The summed E-state index contributed by atoms with van der Waals surface area (Å²) >= 11 is 0. The summed E-state index contributed by atoms with van der Waals surface area (Å²) in [5.74, 6) is 0.217. The third-order valence-electron chi connectivity index (χ3n) is 4.44. The van der Waals surface area contributed by atoms with E-state index in [9.17, 15) is 14.7 Å². The second-order valence-corrected chi connectivity index (χ2v) is 7.23. The van der Waals surface area contributed by atoms with Crippen LogP contribution in [0.15, 0.2) is 51.1 Å². The van der Waals surface area contributed by atoms with Gasteiger partial charge in [-0.2, -0.15) is 10.1 Å². The zero-order chi connectivity index (χ0) is 22.4. The number of aliphatic hydroxyl groups is 1. The van der Waals surface area contributed by atoms with Crippen LogP contribution in [-0.4, -0.2) is 49.2 Å².